The summed E-state index contributed by atoms with van der Waals surface area (Å²) in [6.07, 6.45) is 7.14. The highest BCUT2D eigenvalue weighted by Crippen LogP contribution is 2.41. The average molecular weight is 333 g/mol. The van der Waals surface area contributed by atoms with Crippen molar-refractivity contribution in [2.45, 2.75) is 70.9 Å². The van der Waals surface area contributed by atoms with Crippen LogP contribution in [-0.2, 0) is 0 Å². The maximum absolute atomic E-state index is 12.0. The summed E-state index contributed by atoms with van der Waals surface area (Å²) in [5.41, 5.74) is -0.726. The van der Waals surface area contributed by atoms with Crippen LogP contribution in [0.5, 0.6) is 5.75 Å². The highest BCUT2D eigenvalue weighted by atomic mass is 16.5. The predicted molar refractivity (Wildman–Crippen MR) is 96.3 cm³/mol. The van der Waals surface area contributed by atoms with Crippen LogP contribution in [0, 0.1) is 5.92 Å². The summed E-state index contributed by atoms with van der Waals surface area (Å²) in [4.78, 5) is 13.6. The SMILES string of the molecule is CCCCC(CCC)C1(Oc2ccccc2)CCCCN1C(=O)O. The number of benzene rings is 1. The Morgan fingerprint density at radius 1 is 1.21 bits per heavy atom. The van der Waals surface area contributed by atoms with Crippen LogP contribution < -0.4 is 4.74 Å². The lowest BCUT2D eigenvalue weighted by Crippen LogP contribution is -2.62. The van der Waals surface area contributed by atoms with Gasteiger partial charge in [0.1, 0.15) is 5.75 Å². The molecule has 1 amide bonds. The van der Waals surface area contributed by atoms with Crippen molar-refractivity contribution in [3.05, 3.63) is 30.3 Å². The summed E-state index contributed by atoms with van der Waals surface area (Å²) in [6.45, 7) is 4.92. The van der Waals surface area contributed by atoms with E-state index in [0.717, 1.165) is 57.1 Å². The normalized spacial score (nSPS) is 22.2. The molecule has 1 heterocycles. The van der Waals surface area contributed by atoms with E-state index in [1.165, 1.54) is 0 Å². The van der Waals surface area contributed by atoms with Crippen LogP contribution in [0.3, 0.4) is 0 Å². The van der Waals surface area contributed by atoms with Crippen molar-refractivity contribution in [3.8, 4) is 5.75 Å². The third kappa shape index (κ3) is 4.22. The number of hydrogen-bond donors (Lipinski definition) is 1. The highest BCUT2D eigenvalue weighted by molar-refractivity contribution is 5.66. The van der Waals surface area contributed by atoms with Gasteiger partial charge in [-0.15, -0.1) is 0 Å². The standard InChI is InChI=1S/C20H31NO3/c1-3-5-12-17(11-4-2)20(24-18-13-7-6-8-14-18)15-9-10-16-21(20)19(22)23/h6-8,13-14,17H,3-5,9-12,15-16H2,1-2H3,(H,22,23). The molecular formula is C20H31NO3. The fraction of sp³-hybridized carbons (Fsp3) is 0.650. The lowest BCUT2D eigenvalue weighted by Gasteiger charge is -2.50. The van der Waals surface area contributed by atoms with Crippen molar-refractivity contribution >= 4 is 6.09 Å². The minimum absolute atomic E-state index is 0.235. The Labute approximate surface area is 145 Å². The molecule has 0 aliphatic carbocycles. The van der Waals surface area contributed by atoms with Crippen molar-refractivity contribution in [2.75, 3.05) is 6.54 Å². The van der Waals surface area contributed by atoms with Crippen molar-refractivity contribution in [1.29, 1.82) is 0 Å². The van der Waals surface area contributed by atoms with Gasteiger partial charge in [-0.25, -0.2) is 4.79 Å². The molecule has 0 aromatic heterocycles. The van der Waals surface area contributed by atoms with Crippen LogP contribution in [-0.4, -0.2) is 28.4 Å². The quantitative estimate of drug-likeness (QED) is 0.680. The summed E-state index contributed by atoms with van der Waals surface area (Å²) in [6, 6.07) is 9.70. The number of ether oxygens (including phenoxy) is 1. The zero-order valence-electron chi connectivity index (χ0n) is 15.0. The van der Waals surface area contributed by atoms with E-state index in [9.17, 15) is 9.90 Å². The molecule has 0 radical (unpaired) electrons. The summed E-state index contributed by atoms with van der Waals surface area (Å²) < 4.78 is 6.47. The van der Waals surface area contributed by atoms with Crippen molar-refractivity contribution < 1.29 is 14.6 Å². The summed E-state index contributed by atoms with van der Waals surface area (Å²) in [7, 11) is 0. The second-order valence-corrected chi connectivity index (χ2v) is 6.78. The number of rotatable bonds is 8. The minimum atomic E-state index is -0.858. The van der Waals surface area contributed by atoms with Crippen molar-refractivity contribution in [1.82, 2.24) is 4.90 Å². The molecule has 1 aliphatic rings. The maximum Gasteiger partial charge on any atom is 0.410 e. The van der Waals surface area contributed by atoms with E-state index >= 15 is 0 Å². The van der Waals surface area contributed by atoms with Gasteiger partial charge < -0.3 is 9.84 Å². The van der Waals surface area contributed by atoms with Gasteiger partial charge in [0.05, 0.1) is 0 Å². The third-order valence-electron chi connectivity index (χ3n) is 5.07. The zero-order chi connectivity index (χ0) is 17.4. The maximum atomic E-state index is 12.0. The summed E-state index contributed by atoms with van der Waals surface area (Å²) in [5.74, 6) is 1.00. The molecule has 1 aromatic rings. The topological polar surface area (TPSA) is 49.8 Å². The number of amides is 1. The number of carbonyl (C=O) groups is 1. The van der Waals surface area contributed by atoms with E-state index in [4.69, 9.17) is 4.74 Å². The zero-order valence-corrected chi connectivity index (χ0v) is 15.0. The van der Waals surface area contributed by atoms with Gasteiger partial charge >= 0.3 is 6.09 Å². The van der Waals surface area contributed by atoms with Crippen LogP contribution in [0.4, 0.5) is 4.79 Å². The number of hydrogen-bond acceptors (Lipinski definition) is 2. The first-order valence-corrected chi connectivity index (χ1v) is 9.38. The molecule has 24 heavy (non-hydrogen) atoms. The molecule has 4 nitrogen and oxygen atoms in total. The van der Waals surface area contributed by atoms with Crippen LogP contribution in [0.15, 0.2) is 30.3 Å². The van der Waals surface area contributed by atoms with Crippen LogP contribution >= 0.6 is 0 Å². The first-order chi connectivity index (χ1) is 11.6. The smallest absolute Gasteiger partial charge is 0.410 e. The summed E-state index contributed by atoms with van der Waals surface area (Å²) >= 11 is 0. The Morgan fingerprint density at radius 2 is 1.96 bits per heavy atom. The Balaban J connectivity index is 2.38. The Bertz CT molecular complexity index is 505. The molecule has 2 atom stereocenters. The first-order valence-electron chi connectivity index (χ1n) is 9.38. The Hall–Kier alpha value is -1.71. The molecule has 0 spiro atoms. The van der Waals surface area contributed by atoms with Crippen LogP contribution in [0.2, 0.25) is 0 Å². The minimum Gasteiger partial charge on any atom is -0.467 e. The molecule has 0 bridgehead atoms. The molecule has 1 saturated heterocycles. The monoisotopic (exact) mass is 333 g/mol. The number of unbranched alkanes of at least 4 members (excludes halogenated alkanes) is 1. The van der Waals surface area contributed by atoms with E-state index in [0.29, 0.717) is 6.54 Å². The number of carboxylic acid groups (broad SMARTS) is 1. The molecule has 1 fully saturated rings. The van der Waals surface area contributed by atoms with E-state index in [1.54, 1.807) is 4.90 Å². The predicted octanol–water partition coefficient (Wildman–Crippen LogP) is 5.53. The van der Waals surface area contributed by atoms with Crippen molar-refractivity contribution in [3.63, 3.8) is 0 Å². The van der Waals surface area contributed by atoms with Gasteiger partial charge in [0.25, 0.3) is 0 Å². The second-order valence-electron chi connectivity index (χ2n) is 6.78. The van der Waals surface area contributed by atoms with Crippen molar-refractivity contribution in [2.24, 2.45) is 5.92 Å². The van der Waals surface area contributed by atoms with Gasteiger partial charge in [0.15, 0.2) is 5.72 Å². The van der Waals surface area contributed by atoms with E-state index < -0.39 is 11.8 Å². The van der Waals surface area contributed by atoms with Gasteiger partial charge in [-0.2, -0.15) is 0 Å². The van der Waals surface area contributed by atoms with Crippen LogP contribution in [0.25, 0.3) is 0 Å². The fourth-order valence-corrected chi connectivity index (χ4v) is 3.93. The largest absolute Gasteiger partial charge is 0.467 e. The van der Waals surface area contributed by atoms with Gasteiger partial charge in [-0.05, 0) is 37.8 Å². The number of piperidine rings is 1. The second kappa shape index (κ2) is 8.95. The number of nitrogens with zero attached hydrogens (tertiary/aromatic N) is 1. The highest BCUT2D eigenvalue weighted by Gasteiger charge is 2.49. The number of likely N-dealkylation sites (tertiary alicyclic amines) is 1. The lowest BCUT2D eigenvalue weighted by atomic mass is 9.80. The fourth-order valence-electron chi connectivity index (χ4n) is 3.93. The molecule has 0 saturated carbocycles. The molecule has 134 valence electrons. The third-order valence-corrected chi connectivity index (χ3v) is 5.07. The van der Waals surface area contributed by atoms with E-state index in [1.807, 2.05) is 30.3 Å². The Kier molecular flexibility index (Phi) is 6.95. The average Bonchev–Trinajstić information content (AvgIpc) is 2.59. The molecule has 1 aromatic carbocycles. The van der Waals surface area contributed by atoms with Gasteiger partial charge in [-0.3, -0.25) is 4.90 Å². The molecule has 1 N–H and O–H groups in total. The van der Waals surface area contributed by atoms with Gasteiger partial charge in [0.2, 0.25) is 0 Å². The summed E-state index contributed by atoms with van der Waals surface area (Å²) in [5, 5.41) is 9.84. The molecular weight excluding hydrogens is 302 g/mol. The molecule has 2 rings (SSSR count). The first kappa shape index (κ1) is 18.6. The van der Waals surface area contributed by atoms with E-state index in [-0.39, 0.29) is 5.92 Å². The van der Waals surface area contributed by atoms with Gasteiger partial charge in [-0.1, -0.05) is 51.3 Å². The van der Waals surface area contributed by atoms with E-state index in [2.05, 4.69) is 13.8 Å². The van der Waals surface area contributed by atoms with Gasteiger partial charge in [0, 0.05) is 18.9 Å². The lowest BCUT2D eigenvalue weighted by molar-refractivity contribution is -0.137. The Morgan fingerprint density at radius 3 is 2.58 bits per heavy atom. The van der Waals surface area contributed by atoms with Crippen LogP contribution in [0.1, 0.15) is 65.2 Å². The molecule has 4 heteroatoms. The molecule has 1 aliphatic heterocycles. The molecule has 2 unspecified atom stereocenters. The number of para-hydroxylation sites is 1.